The summed E-state index contributed by atoms with van der Waals surface area (Å²) in [5.41, 5.74) is -0.680. The summed E-state index contributed by atoms with van der Waals surface area (Å²) in [6.07, 6.45) is 0.226. The van der Waals surface area contributed by atoms with E-state index in [-0.39, 0.29) is 12.1 Å². The molecule has 13 heavy (non-hydrogen) atoms. The molecule has 0 aliphatic rings. The van der Waals surface area contributed by atoms with E-state index in [1.807, 2.05) is 5.32 Å². The van der Waals surface area contributed by atoms with Gasteiger partial charge in [-0.2, -0.15) is 5.26 Å². The third kappa shape index (κ3) is 1.79. The Labute approximate surface area is 72.6 Å². The maximum atomic E-state index is 12.9. The van der Waals surface area contributed by atoms with Crippen LogP contribution < -0.4 is 5.32 Å². The lowest BCUT2D eigenvalue weighted by Crippen LogP contribution is -1.99. The fraction of sp³-hybridized carbons (Fsp3) is 0. The molecule has 0 bridgehead atoms. The van der Waals surface area contributed by atoms with Gasteiger partial charge in [-0.1, -0.05) is 0 Å². The third-order valence-corrected chi connectivity index (χ3v) is 1.39. The highest BCUT2D eigenvalue weighted by molar-refractivity contribution is 5.71. The Balaban J connectivity index is 3.21. The van der Waals surface area contributed by atoms with E-state index in [1.54, 1.807) is 0 Å². The standard InChI is InChI=1S/C8H4F2N2O/c9-6-2-8(12-4-13)7(10)1-5(6)3-11/h1-2,4H,(H,12,13). The summed E-state index contributed by atoms with van der Waals surface area (Å²) >= 11 is 0. The molecular weight excluding hydrogens is 178 g/mol. The second kappa shape index (κ2) is 3.63. The zero-order chi connectivity index (χ0) is 9.84. The molecule has 0 unspecified atom stereocenters. The lowest BCUT2D eigenvalue weighted by Gasteiger charge is -2.01. The Morgan fingerprint density at radius 3 is 2.62 bits per heavy atom. The van der Waals surface area contributed by atoms with Gasteiger partial charge in [-0.25, -0.2) is 8.78 Å². The van der Waals surface area contributed by atoms with Crippen molar-refractivity contribution in [1.29, 1.82) is 5.26 Å². The fourth-order valence-corrected chi connectivity index (χ4v) is 0.807. The number of rotatable bonds is 2. The van der Waals surface area contributed by atoms with Gasteiger partial charge in [0.05, 0.1) is 11.3 Å². The summed E-state index contributed by atoms with van der Waals surface area (Å²) in [6.45, 7) is 0. The second-order valence-electron chi connectivity index (χ2n) is 2.19. The summed E-state index contributed by atoms with van der Waals surface area (Å²) in [7, 11) is 0. The summed E-state index contributed by atoms with van der Waals surface area (Å²) in [5, 5.41) is 10.3. The summed E-state index contributed by atoms with van der Waals surface area (Å²) in [6, 6.07) is 2.95. The first-order valence-corrected chi connectivity index (χ1v) is 3.28. The lowest BCUT2D eigenvalue weighted by atomic mass is 10.2. The van der Waals surface area contributed by atoms with Gasteiger partial charge in [-0.05, 0) is 6.07 Å². The average Bonchev–Trinajstić information content (AvgIpc) is 2.11. The van der Waals surface area contributed by atoms with Crippen molar-refractivity contribution in [3.63, 3.8) is 0 Å². The number of nitriles is 1. The fourth-order valence-electron chi connectivity index (χ4n) is 0.807. The number of nitrogens with zero attached hydrogens (tertiary/aromatic N) is 1. The van der Waals surface area contributed by atoms with Crippen molar-refractivity contribution in [1.82, 2.24) is 0 Å². The van der Waals surface area contributed by atoms with Crippen molar-refractivity contribution in [3.05, 3.63) is 29.3 Å². The van der Waals surface area contributed by atoms with Crippen LogP contribution in [0.25, 0.3) is 0 Å². The molecule has 1 rings (SSSR count). The number of benzene rings is 1. The minimum Gasteiger partial charge on any atom is -0.326 e. The minimum absolute atomic E-state index is 0.226. The van der Waals surface area contributed by atoms with Crippen molar-refractivity contribution in [2.75, 3.05) is 5.32 Å². The van der Waals surface area contributed by atoms with E-state index in [2.05, 4.69) is 0 Å². The topological polar surface area (TPSA) is 52.9 Å². The molecule has 5 heteroatoms. The van der Waals surface area contributed by atoms with Crippen molar-refractivity contribution in [2.24, 2.45) is 0 Å². The number of carbonyl (C=O) groups is 1. The Kier molecular flexibility index (Phi) is 2.55. The third-order valence-electron chi connectivity index (χ3n) is 1.39. The number of amides is 1. The van der Waals surface area contributed by atoms with Gasteiger partial charge in [0.2, 0.25) is 6.41 Å². The van der Waals surface area contributed by atoms with Crippen molar-refractivity contribution >= 4 is 12.1 Å². The van der Waals surface area contributed by atoms with Crippen molar-refractivity contribution in [3.8, 4) is 6.07 Å². The molecule has 0 aromatic heterocycles. The molecule has 0 atom stereocenters. The van der Waals surface area contributed by atoms with Gasteiger partial charge in [-0.3, -0.25) is 4.79 Å². The van der Waals surface area contributed by atoms with Crippen LogP contribution in [0.5, 0.6) is 0 Å². The first kappa shape index (κ1) is 9.13. The number of hydrogen-bond acceptors (Lipinski definition) is 2. The van der Waals surface area contributed by atoms with Crippen LogP contribution in [0.15, 0.2) is 12.1 Å². The van der Waals surface area contributed by atoms with Gasteiger partial charge in [0, 0.05) is 6.07 Å². The highest BCUT2D eigenvalue weighted by Crippen LogP contribution is 2.17. The molecule has 0 heterocycles. The number of nitrogens with one attached hydrogen (secondary N) is 1. The van der Waals surface area contributed by atoms with E-state index in [0.717, 1.165) is 12.1 Å². The zero-order valence-corrected chi connectivity index (χ0v) is 6.34. The summed E-state index contributed by atoms with van der Waals surface area (Å²) in [5.74, 6) is -1.71. The number of halogens is 2. The number of carbonyl (C=O) groups excluding carboxylic acids is 1. The molecule has 0 radical (unpaired) electrons. The van der Waals surface area contributed by atoms with Crippen LogP contribution in [-0.4, -0.2) is 6.41 Å². The molecule has 0 aliphatic heterocycles. The van der Waals surface area contributed by atoms with Crippen LogP contribution in [0.1, 0.15) is 5.56 Å². The maximum Gasteiger partial charge on any atom is 0.211 e. The van der Waals surface area contributed by atoms with Gasteiger partial charge in [0.15, 0.2) is 0 Å². The molecule has 3 nitrogen and oxygen atoms in total. The van der Waals surface area contributed by atoms with E-state index in [9.17, 15) is 13.6 Å². The summed E-state index contributed by atoms with van der Waals surface area (Å²) in [4.78, 5) is 9.93. The molecule has 1 aromatic rings. The molecule has 0 saturated carbocycles. The molecule has 0 aliphatic carbocycles. The first-order valence-electron chi connectivity index (χ1n) is 3.28. The van der Waals surface area contributed by atoms with Gasteiger partial charge in [0.1, 0.15) is 17.7 Å². The zero-order valence-electron chi connectivity index (χ0n) is 6.34. The maximum absolute atomic E-state index is 12.9. The van der Waals surface area contributed by atoms with Gasteiger partial charge in [-0.15, -0.1) is 0 Å². The van der Waals surface area contributed by atoms with Crippen LogP contribution in [0.2, 0.25) is 0 Å². The molecule has 1 aromatic carbocycles. The Morgan fingerprint density at radius 2 is 2.08 bits per heavy atom. The average molecular weight is 182 g/mol. The van der Waals surface area contributed by atoms with E-state index < -0.39 is 17.2 Å². The Morgan fingerprint density at radius 1 is 1.38 bits per heavy atom. The number of anilines is 1. The second-order valence-corrected chi connectivity index (χ2v) is 2.19. The predicted octanol–water partition coefficient (Wildman–Crippen LogP) is 1.40. The Bertz CT molecular complexity index is 384. The van der Waals surface area contributed by atoms with Crippen LogP contribution >= 0.6 is 0 Å². The normalized spacial score (nSPS) is 9.00. The van der Waals surface area contributed by atoms with Crippen LogP contribution in [0, 0.1) is 23.0 Å². The van der Waals surface area contributed by atoms with Crippen LogP contribution in [0.4, 0.5) is 14.5 Å². The molecule has 0 saturated heterocycles. The van der Waals surface area contributed by atoms with E-state index in [4.69, 9.17) is 5.26 Å². The highest BCUT2D eigenvalue weighted by Gasteiger charge is 2.08. The van der Waals surface area contributed by atoms with E-state index in [1.165, 1.54) is 6.07 Å². The smallest absolute Gasteiger partial charge is 0.211 e. The molecule has 1 amide bonds. The van der Waals surface area contributed by atoms with Crippen LogP contribution in [0.3, 0.4) is 0 Å². The largest absolute Gasteiger partial charge is 0.326 e. The Hall–Kier alpha value is -1.96. The molecular formula is C8H4F2N2O. The van der Waals surface area contributed by atoms with Gasteiger partial charge in [0.25, 0.3) is 0 Å². The van der Waals surface area contributed by atoms with Crippen molar-refractivity contribution in [2.45, 2.75) is 0 Å². The minimum atomic E-state index is -0.867. The molecule has 66 valence electrons. The van der Waals surface area contributed by atoms with E-state index >= 15 is 0 Å². The first-order chi connectivity index (χ1) is 6.19. The van der Waals surface area contributed by atoms with Crippen molar-refractivity contribution < 1.29 is 13.6 Å². The predicted molar refractivity (Wildman–Crippen MR) is 40.8 cm³/mol. The molecule has 0 fully saturated rings. The quantitative estimate of drug-likeness (QED) is 0.703. The monoisotopic (exact) mass is 182 g/mol. The SMILES string of the molecule is N#Cc1cc(F)c(NC=O)cc1F. The lowest BCUT2D eigenvalue weighted by molar-refractivity contribution is -0.105. The van der Waals surface area contributed by atoms with E-state index in [0.29, 0.717) is 0 Å². The van der Waals surface area contributed by atoms with Gasteiger partial charge < -0.3 is 5.32 Å². The highest BCUT2D eigenvalue weighted by atomic mass is 19.1. The summed E-state index contributed by atoms with van der Waals surface area (Å²) < 4.78 is 25.7. The molecule has 1 N–H and O–H groups in total. The molecule has 0 spiro atoms. The van der Waals surface area contributed by atoms with Gasteiger partial charge >= 0.3 is 0 Å². The number of hydrogen-bond donors (Lipinski definition) is 1. The van der Waals surface area contributed by atoms with Crippen LogP contribution in [-0.2, 0) is 4.79 Å².